The maximum Gasteiger partial charge on any atom is 0.0991 e. The van der Waals surface area contributed by atoms with Gasteiger partial charge >= 0.3 is 0 Å². The molecule has 0 aliphatic heterocycles. The quantitative estimate of drug-likeness (QED) is 0.667. The molecule has 3 aromatic rings. The van der Waals surface area contributed by atoms with Gasteiger partial charge < -0.3 is 4.90 Å². The van der Waals surface area contributed by atoms with Crippen molar-refractivity contribution in [2.45, 2.75) is 0 Å². The van der Waals surface area contributed by atoms with Crippen LogP contribution in [0.3, 0.4) is 0 Å². The zero-order valence-corrected chi connectivity index (χ0v) is 11.5. The van der Waals surface area contributed by atoms with Gasteiger partial charge in [0.05, 0.1) is 11.6 Å². The van der Waals surface area contributed by atoms with Gasteiger partial charge in [-0.25, -0.2) is 0 Å². The lowest BCUT2D eigenvalue weighted by Gasteiger charge is -2.25. The van der Waals surface area contributed by atoms with Crippen LogP contribution in [0.4, 0.5) is 17.1 Å². The van der Waals surface area contributed by atoms with E-state index >= 15 is 0 Å². The van der Waals surface area contributed by atoms with Crippen LogP contribution in [0.15, 0.2) is 84.9 Å². The van der Waals surface area contributed by atoms with Gasteiger partial charge in [0.25, 0.3) is 0 Å². The number of rotatable bonds is 3. The van der Waals surface area contributed by atoms with Gasteiger partial charge in [0, 0.05) is 17.1 Å². The first-order chi connectivity index (χ1) is 10.4. The molecule has 21 heavy (non-hydrogen) atoms. The minimum absolute atomic E-state index is 0.667. The Balaban J connectivity index is 2.10. The largest absolute Gasteiger partial charge is 0.311 e. The van der Waals surface area contributed by atoms with Gasteiger partial charge in [-0.15, -0.1) is 0 Å². The number of benzene rings is 3. The average molecular weight is 270 g/mol. The van der Waals surface area contributed by atoms with Gasteiger partial charge in [-0.3, -0.25) is 0 Å². The molecule has 3 rings (SSSR count). The molecule has 0 aromatic heterocycles. The van der Waals surface area contributed by atoms with Crippen LogP contribution in [0.1, 0.15) is 5.56 Å². The normalized spacial score (nSPS) is 9.86. The zero-order chi connectivity index (χ0) is 14.5. The molecule has 100 valence electrons. The summed E-state index contributed by atoms with van der Waals surface area (Å²) in [6.07, 6.45) is 0. The van der Waals surface area contributed by atoms with Crippen molar-refractivity contribution in [3.05, 3.63) is 90.5 Å². The summed E-state index contributed by atoms with van der Waals surface area (Å²) in [5, 5.41) is 8.94. The van der Waals surface area contributed by atoms with Crippen LogP contribution in [0.5, 0.6) is 0 Å². The van der Waals surface area contributed by atoms with Crippen molar-refractivity contribution in [3.63, 3.8) is 0 Å². The van der Waals surface area contributed by atoms with Crippen LogP contribution in [0, 0.1) is 11.3 Å². The van der Waals surface area contributed by atoms with E-state index in [4.69, 9.17) is 5.26 Å². The van der Waals surface area contributed by atoms with Crippen molar-refractivity contribution < 1.29 is 0 Å². The van der Waals surface area contributed by atoms with E-state index in [9.17, 15) is 0 Å². The lowest BCUT2D eigenvalue weighted by Crippen LogP contribution is -2.09. The van der Waals surface area contributed by atoms with Gasteiger partial charge in [-0.1, -0.05) is 36.4 Å². The van der Waals surface area contributed by atoms with E-state index in [2.05, 4.69) is 35.2 Å². The Morgan fingerprint density at radius 2 is 1.00 bits per heavy atom. The third-order valence-corrected chi connectivity index (χ3v) is 3.28. The zero-order valence-electron chi connectivity index (χ0n) is 11.5. The standard InChI is InChI=1S/C19H14N2/c20-15-16-11-13-19(14-12-16)21(17-7-3-1-4-8-17)18-9-5-2-6-10-18/h1-14H. The van der Waals surface area contributed by atoms with Crippen molar-refractivity contribution in [1.82, 2.24) is 0 Å². The van der Waals surface area contributed by atoms with Crippen molar-refractivity contribution in [2.24, 2.45) is 0 Å². The molecule has 0 spiro atoms. The molecule has 0 aliphatic carbocycles. The summed E-state index contributed by atoms with van der Waals surface area (Å²) in [6.45, 7) is 0. The summed E-state index contributed by atoms with van der Waals surface area (Å²) in [5.74, 6) is 0. The Morgan fingerprint density at radius 1 is 0.571 bits per heavy atom. The van der Waals surface area contributed by atoms with E-state index in [0.717, 1.165) is 17.1 Å². The molecule has 3 aromatic carbocycles. The second-order valence-corrected chi connectivity index (χ2v) is 4.67. The smallest absolute Gasteiger partial charge is 0.0991 e. The van der Waals surface area contributed by atoms with Crippen LogP contribution in [-0.2, 0) is 0 Å². The number of hydrogen-bond donors (Lipinski definition) is 0. The first-order valence-electron chi connectivity index (χ1n) is 6.79. The second-order valence-electron chi connectivity index (χ2n) is 4.67. The van der Waals surface area contributed by atoms with Crippen LogP contribution in [0.25, 0.3) is 0 Å². The van der Waals surface area contributed by atoms with E-state index in [-0.39, 0.29) is 0 Å². The summed E-state index contributed by atoms with van der Waals surface area (Å²) in [7, 11) is 0. The van der Waals surface area contributed by atoms with E-state index in [1.807, 2.05) is 60.7 Å². The summed E-state index contributed by atoms with van der Waals surface area (Å²) in [4.78, 5) is 2.17. The van der Waals surface area contributed by atoms with Gasteiger partial charge in [-0.2, -0.15) is 5.26 Å². The number of para-hydroxylation sites is 2. The Morgan fingerprint density at radius 3 is 1.43 bits per heavy atom. The maximum atomic E-state index is 8.94. The number of nitriles is 1. The fraction of sp³-hybridized carbons (Fsp3) is 0. The maximum absolute atomic E-state index is 8.94. The molecular weight excluding hydrogens is 256 g/mol. The average Bonchev–Trinajstić information content (AvgIpc) is 2.58. The highest BCUT2D eigenvalue weighted by molar-refractivity contribution is 5.76. The molecule has 0 saturated heterocycles. The van der Waals surface area contributed by atoms with Gasteiger partial charge in [0.2, 0.25) is 0 Å². The van der Waals surface area contributed by atoms with Crippen LogP contribution >= 0.6 is 0 Å². The van der Waals surface area contributed by atoms with E-state index in [0.29, 0.717) is 5.56 Å². The van der Waals surface area contributed by atoms with Crippen LogP contribution in [0.2, 0.25) is 0 Å². The Hall–Kier alpha value is -3.05. The summed E-state index contributed by atoms with van der Waals surface area (Å²) < 4.78 is 0. The molecule has 0 unspecified atom stereocenters. The molecule has 0 radical (unpaired) electrons. The summed E-state index contributed by atoms with van der Waals surface area (Å²) in [6, 6.07) is 30.2. The molecule has 0 N–H and O–H groups in total. The van der Waals surface area contributed by atoms with Crippen LogP contribution in [-0.4, -0.2) is 0 Å². The third kappa shape index (κ3) is 2.77. The Bertz CT molecular complexity index is 702. The van der Waals surface area contributed by atoms with E-state index < -0.39 is 0 Å². The Kier molecular flexibility index (Phi) is 3.66. The van der Waals surface area contributed by atoms with Crippen molar-refractivity contribution in [2.75, 3.05) is 4.90 Å². The summed E-state index contributed by atoms with van der Waals surface area (Å²) in [5.41, 5.74) is 3.88. The molecule has 0 saturated carbocycles. The molecule has 0 heterocycles. The predicted octanol–water partition coefficient (Wildman–Crippen LogP) is 5.03. The highest BCUT2D eigenvalue weighted by Crippen LogP contribution is 2.33. The highest BCUT2D eigenvalue weighted by atomic mass is 15.1. The lowest BCUT2D eigenvalue weighted by atomic mass is 10.1. The first kappa shape index (κ1) is 13.0. The third-order valence-electron chi connectivity index (χ3n) is 3.28. The van der Waals surface area contributed by atoms with Gasteiger partial charge in [0.1, 0.15) is 0 Å². The van der Waals surface area contributed by atoms with Crippen molar-refractivity contribution in [1.29, 1.82) is 5.26 Å². The molecule has 0 amide bonds. The minimum atomic E-state index is 0.667. The fourth-order valence-corrected chi connectivity index (χ4v) is 2.29. The molecular formula is C19H14N2. The molecule has 2 nitrogen and oxygen atoms in total. The SMILES string of the molecule is N#Cc1ccc(N(c2ccccc2)c2ccccc2)cc1. The lowest BCUT2D eigenvalue weighted by molar-refractivity contribution is 1.28. The monoisotopic (exact) mass is 270 g/mol. The Labute approximate surface area is 124 Å². The number of anilines is 3. The highest BCUT2D eigenvalue weighted by Gasteiger charge is 2.11. The number of hydrogen-bond acceptors (Lipinski definition) is 2. The van der Waals surface area contributed by atoms with Crippen molar-refractivity contribution in [3.8, 4) is 6.07 Å². The topological polar surface area (TPSA) is 27.0 Å². The molecule has 0 fully saturated rings. The minimum Gasteiger partial charge on any atom is -0.311 e. The molecule has 0 aliphatic rings. The molecule has 2 heteroatoms. The van der Waals surface area contributed by atoms with E-state index in [1.54, 1.807) is 0 Å². The van der Waals surface area contributed by atoms with Crippen molar-refractivity contribution >= 4 is 17.1 Å². The second kappa shape index (κ2) is 5.94. The van der Waals surface area contributed by atoms with Gasteiger partial charge in [0.15, 0.2) is 0 Å². The molecule has 0 bridgehead atoms. The number of nitrogens with zero attached hydrogens (tertiary/aromatic N) is 2. The first-order valence-corrected chi connectivity index (χ1v) is 6.79. The van der Waals surface area contributed by atoms with Crippen LogP contribution < -0.4 is 4.90 Å². The summed E-state index contributed by atoms with van der Waals surface area (Å²) >= 11 is 0. The predicted molar refractivity (Wildman–Crippen MR) is 85.8 cm³/mol. The van der Waals surface area contributed by atoms with E-state index in [1.165, 1.54) is 0 Å². The molecule has 0 atom stereocenters. The fourth-order valence-electron chi connectivity index (χ4n) is 2.29. The van der Waals surface area contributed by atoms with Gasteiger partial charge in [-0.05, 0) is 48.5 Å².